The van der Waals surface area contributed by atoms with Gasteiger partial charge in [-0.05, 0) is 44.2 Å². The second-order valence-corrected chi connectivity index (χ2v) is 5.00. The molecule has 0 radical (unpaired) electrons. The van der Waals surface area contributed by atoms with Crippen molar-refractivity contribution < 1.29 is 0 Å². The molecule has 0 aromatic rings. The first-order chi connectivity index (χ1) is 5.73. The Balaban J connectivity index is 2.09. The lowest BCUT2D eigenvalue weighted by Gasteiger charge is -2.44. The van der Waals surface area contributed by atoms with Gasteiger partial charge in [-0.25, -0.2) is 0 Å². The third kappa shape index (κ3) is 1.28. The zero-order valence-electron chi connectivity index (χ0n) is 8.47. The molecular formula is C11H21N. The summed E-state index contributed by atoms with van der Waals surface area (Å²) in [6.45, 7) is 5.16. The average molecular weight is 167 g/mol. The zero-order valence-corrected chi connectivity index (χ0v) is 8.47. The van der Waals surface area contributed by atoms with Crippen molar-refractivity contribution in [2.75, 3.05) is 20.1 Å². The molecule has 1 atom stereocenters. The van der Waals surface area contributed by atoms with E-state index < -0.39 is 0 Å². The summed E-state index contributed by atoms with van der Waals surface area (Å²) in [5.74, 6) is 0.983. The molecule has 2 aliphatic rings. The molecule has 1 saturated heterocycles. The lowest BCUT2D eigenvalue weighted by atomic mass is 9.71. The van der Waals surface area contributed by atoms with Crippen LogP contribution >= 0.6 is 0 Å². The summed E-state index contributed by atoms with van der Waals surface area (Å²) in [5, 5.41) is 0. The van der Waals surface area contributed by atoms with Crippen LogP contribution in [0.2, 0.25) is 0 Å². The summed E-state index contributed by atoms with van der Waals surface area (Å²) in [4.78, 5) is 2.53. The Morgan fingerprint density at radius 2 is 1.92 bits per heavy atom. The van der Waals surface area contributed by atoms with Gasteiger partial charge >= 0.3 is 0 Å². The highest BCUT2D eigenvalue weighted by atomic mass is 15.1. The lowest BCUT2D eigenvalue weighted by Crippen LogP contribution is -2.44. The largest absolute Gasteiger partial charge is 0.306 e. The van der Waals surface area contributed by atoms with Gasteiger partial charge in [-0.3, -0.25) is 0 Å². The SMILES string of the molecule is C[C@@H]1CCN(C)CC12CCCC2. The molecule has 12 heavy (non-hydrogen) atoms. The minimum Gasteiger partial charge on any atom is -0.306 e. The minimum atomic E-state index is 0.729. The van der Waals surface area contributed by atoms with Crippen LogP contribution in [-0.4, -0.2) is 25.0 Å². The van der Waals surface area contributed by atoms with Gasteiger partial charge in [0.15, 0.2) is 0 Å². The molecule has 1 nitrogen and oxygen atoms in total. The highest BCUT2D eigenvalue weighted by Gasteiger charge is 2.41. The zero-order chi connectivity index (χ0) is 8.60. The van der Waals surface area contributed by atoms with E-state index in [1.807, 2.05) is 0 Å². The molecule has 2 fully saturated rings. The predicted molar refractivity (Wildman–Crippen MR) is 52.2 cm³/mol. The molecule has 70 valence electrons. The maximum absolute atomic E-state index is 2.53. The maximum Gasteiger partial charge on any atom is 0.00375 e. The first-order valence-electron chi connectivity index (χ1n) is 5.41. The molecule has 0 unspecified atom stereocenters. The number of hydrogen-bond donors (Lipinski definition) is 0. The van der Waals surface area contributed by atoms with Crippen molar-refractivity contribution in [1.82, 2.24) is 4.90 Å². The first-order valence-corrected chi connectivity index (χ1v) is 5.41. The Kier molecular flexibility index (Phi) is 2.16. The Hall–Kier alpha value is -0.0400. The van der Waals surface area contributed by atoms with Crippen molar-refractivity contribution in [2.45, 2.75) is 39.0 Å². The Morgan fingerprint density at radius 1 is 1.25 bits per heavy atom. The molecule has 1 heterocycles. The van der Waals surface area contributed by atoms with Gasteiger partial charge in [0, 0.05) is 6.54 Å². The molecule has 2 rings (SSSR count). The van der Waals surface area contributed by atoms with Crippen molar-refractivity contribution in [2.24, 2.45) is 11.3 Å². The van der Waals surface area contributed by atoms with Gasteiger partial charge in [-0.1, -0.05) is 19.8 Å². The van der Waals surface area contributed by atoms with E-state index in [9.17, 15) is 0 Å². The fourth-order valence-electron chi connectivity index (χ4n) is 3.22. The highest BCUT2D eigenvalue weighted by molar-refractivity contribution is 4.93. The fourth-order valence-corrected chi connectivity index (χ4v) is 3.22. The predicted octanol–water partition coefficient (Wildman–Crippen LogP) is 2.52. The van der Waals surface area contributed by atoms with E-state index in [0.29, 0.717) is 0 Å². The molecule has 0 amide bonds. The maximum atomic E-state index is 2.53. The van der Waals surface area contributed by atoms with Gasteiger partial charge in [-0.2, -0.15) is 0 Å². The van der Waals surface area contributed by atoms with E-state index in [4.69, 9.17) is 0 Å². The van der Waals surface area contributed by atoms with Crippen molar-refractivity contribution in [3.05, 3.63) is 0 Å². The van der Waals surface area contributed by atoms with Crippen molar-refractivity contribution >= 4 is 0 Å². The molecular weight excluding hydrogens is 146 g/mol. The number of hydrogen-bond acceptors (Lipinski definition) is 1. The molecule has 0 bridgehead atoms. The molecule has 0 aromatic carbocycles. The quantitative estimate of drug-likeness (QED) is 0.536. The molecule has 0 N–H and O–H groups in total. The molecule has 1 aliphatic heterocycles. The average Bonchev–Trinajstić information content (AvgIpc) is 2.48. The Labute approximate surface area is 76.1 Å². The van der Waals surface area contributed by atoms with Crippen molar-refractivity contribution in [3.8, 4) is 0 Å². The van der Waals surface area contributed by atoms with Gasteiger partial charge in [0.25, 0.3) is 0 Å². The van der Waals surface area contributed by atoms with Gasteiger partial charge in [0.2, 0.25) is 0 Å². The van der Waals surface area contributed by atoms with Crippen LogP contribution in [0.4, 0.5) is 0 Å². The van der Waals surface area contributed by atoms with Crippen LogP contribution in [0.1, 0.15) is 39.0 Å². The molecule has 1 saturated carbocycles. The number of nitrogens with zero attached hydrogens (tertiary/aromatic N) is 1. The number of likely N-dealkylation sites (tertiary alicyclic amines) is 1. The normalized spacial score (nSPS) is 36.0. The second-order valence-electron chi connectivity index (χ2n) is 5.00. The van der Waals surface area contributed by atoms with Crippen LogP contribution in [0.15, 0.2) is 0 Å². The minimum absolute atomic E-state index is 0.729. The van der Waals surface area contributed by atoms with Crippen LogP contribution in [0.3, 0.4) is 0 Å². The van der Waals surface area contributed by atoms with Crippen LogP contribution in [0.5, 0.6) is 0 Å². The monoisotopic (exact) mass is 167 g/mol. The molecule has 1 heteroatoms. The molecule has 1 spiro atoms. The summed E-state index contributed by atoms with van der Waals surface area (Å²) in [6, 6.07) is 0. The van der Waals surface area contributed by atoms with Crippen LogP contribution in [0, 0.1) is 11.3 Å². The summed E-state index contributed by atoms with van der Waals surface area (Å²) < 4.78 is 0. The van der Waals surface area contributed by atoms with E-state index in [1.165, 1.54) is 45.2 Å². The first kappa shape index (κ1) is 8.55. The number of piperidine rings is 1. The van der Waals surface area contributed by atoms with Crippen molar-refractivity contribution in [1.29, 1.82) is 0 Å². The summed E-state index contributed by atoms with van der Waals surface area (Å²) in [6.07, 6.45) is 7.39. The third-order valence-electron chi connectivity index (χ3n) is 4.17. The molecule has 1 aliphatic carbocycles. The second kappa shape index (κ2) is 3.02. The van der Waals surface area contributed by atoms with Gasteiger partial charge in [0.1, 0.15) is 0 Å². The summed E-state index contributed by atoms with van der Waals surface area (Å²) in [7, 11) is 2.28. The van der Waals surface area contributed by atoms with Gasteiger partial charge < -0.3 is 4.90 Å². The highest BCUT2D eigenvalue weighted by Crippen LogP contribution is 2.47. The van der Waals surface area contributed by atoms with Crippen LogP contribution in [-0.2, 0) is 0 Å². The summed E-state index contributed by atoms with van der Waals surface area (Å²) >= 11 is 0. The third-order valence-corrected chi connectivity index (χ3v) is 4.17. The van der Waals surface area contributed by atoms with Gasteiger partial charge in [-0.15, -0.1) is 0 Å². The smallest absolute Gasteiger partial charge is 0.00375 e. The fraction of sp³-hybridized carbons (Fsp3) is 1.00. The number of rotatable bonds is 0. The van der Waals surface area contributed by atoms with E-state index in [0.717, 1.165) is 11.3 Å². The standard InChI is InChI=1S/C11H21N/c1-10-5-8-12(2)9-11(10)6-3-4-7-11/h10H,3-9H2,1-2H3/t10-/m1/s1. The van der Waals surface area contributed by atoms with Crippen molar-refractivity contribution in [3.63, 3.8) is 0 Å². The summed E-state index contributed by atoms with van der Waals surface area (Å²) in [5.41, 5.74) is 0.729. The Bertz CT molecular complexity index is 158. The Morgan fingerprint density at radius 3 is 2.58 bits per heavy atom. The van der Waals surface area contributed by atoms with E-state index in [2.05, 4.69) is 18.9 Å². The van der Waals surface area contributed by atoms with E-state index >= 15 is 0 Å². The van der Waals surface area contributed by atoms with Crippen LogP contribution < -0.4 is 0 Å². The molecule has 0 aromatic heterocycles. The lowest BCUT2D eigenvalue weighted by molar-refractivity contribution is 0.0556. The topological polar surface area (TPSA) is 3.24 Å². The van der Waals surface area contributed by atoms with Crippen LogP contribution in [0.25, 0.3) is 0 Å². The van der Waals surface area contributed by atoms with E-state index in [-0.39, 0.29) is 0 Å². The van der Waals surface area contributed by atoms with E-state index in [1.54, 1.807) is 0 Å². The van der Waals surface area contributed by atoms with Gasteiger partial charge in [0.05, 0.1) is 0 Å².